The molecule has 0 aliphatic rings. The third kappa shape index (κ3) is 5.93. The minimum absolute atomic E-state index is 0.0392. The fourth-order valence-electron chi connectivity index (χ4n) is 2.63. The van der Waals surface area contributed by atoms with Gasteiger partial charge in [-0.25, -0.2) is 22.3 Å². The molecule has 0 fully saturated rings. The average Bonchev–Trinajstić information content (AvgIpc) is 3.15. The van der Waals surface area contributed by atoms with E-state index in [0.717, 1.165) is 9.18 Å². The lowest BCUT2D eigenvalue weighted by molar-refractivity contribution is -0.119. The second-order valence-electron chi connectivity index (χ2n) is 6.92. The highest BCUT2D eigenvalue weighted by Gasteiger charge is 2.22. The topological polar surface area (TPSA) is 119 Å². The fraction of sp³-hybridized carbons (Fsp3) is 0.381. The van der Waals surface area contributed by atoms with Gasteiger partial charge in [0.15, 0.2) is 6.61 Å². The van der Waals surface area contributed by atoms with Gasteiger partial charge in [-0.15, -0.1) is 11.3 Å². The standard InChI is InChI=1S/C21H26N2O7S2/c1-6-14-10-17(21(26)29-7-2)19(31-14)22-18(24)12-30-20(25)16-11-15(9-8-13(16)3)32(27,28)23(4)5/h8-11H,6-7,12H2,1-5H3,(H,22,24). The molecule has 0 saturated carbocycles. The number of nitrogens with zero attached hydrogens (tertiary/aromatic N) is 1. The molecule has 2 aromatic rings. The normalized spacial score (nSPS) is 11.3. The van der Waals surface area contributed by atoms with Crippen LogP contribution in [0.3, 0.4) is 0 Å². The summed E-state index contributed by atoms with van der Waals surface area (Å²) in [6, 6.07) is 5.77. The molecule has 1 aromatic heterocycles. The van der Waals surface area contributed by atoms with Crippen LogP contribution >= 0.6 is 11.3 Å². The second kappa shape index (κ2) is 10.7. The van der Waals surface area contributed by atoms with Crippen LogP contribution in [0.2, 0.25) is 0 Å². The lowest BCUT2D eigenvalue weighted by Gasteiger charge is -2.13. The fourth-order valence-corrected chi connectivity index (χ4v) is 4.56. The number of thiophene rings is 1. The monoisotopic (exact) mass is 482 g/mol. The number of hydrogen-bond donors (Lipinski definition) is 1. The first-order valence-electron chi connectivity index (χ1n) is 9.81. The highest BCUT2D eigenvalue weighted by atomic mass is 32.2. The van der Waals surface area contributed by atoms with Crippen molar-refractivity contribution in [1.29, 1.82) is 0 Å². The van der Waals surface area contributed by atoms with E-state index in [0.29, 0.717) is 17.0 Å². The van der Waals surface area contributed by atoms with Gasteiger partial charge < -0.3 is 14.8 Å². The second-order valence-corrected chi connectivity index (χ2v) is 10.2. The summed E-state index contributed by atoms with van der Waals surface area (Å²) in [6.45, 7) is 4.82. The SMILES string of the molecule is CCOC(=O)c1cc(CC)sc1NC(=O)COC(=O)c1cc(S(=O)(=O)N(C)C)ccc1C. The van der Waals surface area contributed by atoms with E-state index < -0.39 is 34.5 Å². The molecular formula is C21H26N2O7S2. The first-order chi connectivity index (χ1) is 15.0. The summed E-state index contributed by atoms with van der Waals surface area (Å²) in [6.07, 6.45) is 0.674. The third-order valence-electron chi connectivity index (χ3n) is 4.42. The number of esters is 2. The Bertz CT molecular complexity index is 1120. The van der Waals surface area contributed by atoms with Crippen molar-refractivity contribution in [2.45, 2.75) is 32.1 Å². The molecule has 0 unspecified atom stereocenters. The van der Waals surface area contributed by atoms with Gasteiger partial charge in [0, 0.05) is 19.0 Å². The number of hydrogen-bond acceptors (Lipinski definition) is 8. The number of carbonyl (C=O) groups is 3. The molecule has 1 amide bonds. The summed E-state index contributed by atoms with van der Waals surface area (Å²) in [7, 11) is -0.965. The van der Waals surface area contributed by atoms with Crippen LogP contribution in [0.25, 0.3) is 0 Å². The summed E-state index contributed by atoms with van der Waals surface area (Å²) >= 11 is 1.24. The molecule has 1 aromatic carbocycles. The van der Waals surface area contributed by atoms with E-state index in [1.165, 1.54) is 43.6 Å². The van der Waals surface area contributed by atoms with Crippen molar-refractivity contribution in [3.8, 4) is 0 Å². The summed E-state index contributed by atoms with van der Waals surface area (Å²) in [5, 5.41) is 2.89. The van der Waals surface area contributed by atoms with Crippen LogP contribution in [0.5, 0.6) is 0 Å². The van der Waals surface area contributed by atoms with Crippen LogP contribution in [0.15, 0.2) is 29.2 Å². The zero-order chi connectivity index (χ0) is 24.1. The van der Waals surface area contributed by atoms with Crippen molar-refractivity contribution in [1.82, 2.24) is 4.31 Å². The highest BCUT2D eigenvalue weighted by molar-refractivity contribution is 7.89. The van der Waals surface area contributed by atoms with Gasteiger partial charge in [0.05, 0.1) is 22.6 Å². The predicted octanol–water partition coefficient (Wildman–Crippen LogP) is 2.84. The minimum Gasteiger partial charge on any atom is -0.462 e. The smallest absolute Gasteiger partial charge is 0.341 e. The Kier molecular flexibility index (Phi) is 8.53. The van der Waals surface area contributed by atoms with E-state index in [2.05, 4.69) is 5.32 Å². The van der Waals surface area contributed by atoms with Crippen molar-refractivity contribution >= 4 is 44.2 Å². The molecule has 0 radical (unpaired) electrons. The predicted molar refractivity (Wildman–Crippen MR) is 121 cm³/mol. The largest absolute Gasteiger partial charge is 0.462 e. The molecule has 11 heteroatoms. The minimum atomic E-state index is -3.74. The Balaban J connectivity index is 2.12. The first-order valence-corrected chi connectivity index (χ1v) is 12.1. The van der Waals surface area contributed by atoms with Gasteiger partial charge >= 0.3 is 11.9 Å². The van der Waals surface area contributed by atoms with Gasteiger partial charge in [0.1, 0.15) is 5.00 Å². The van der Waals surface area contributed by atoms with Gasteiger partial charge in [-0.1, -0.05) is 13.0 Å². The molecule has 2 rings (SSSR count). The van der Waals surface area contributed by atoms with Crippen LogP contribution in [0, 0.1) is 6.92 Å². The van der Waals surface area contributed by atoms with Crippen LogP contribution < -0.4 is 5.32 Å². The Morgan fingerprint density at radius 1 is 1.03 bits per heavy atom. The first kappa shape index (κ1) is 25.5. The molecule has 0 atom stereocenters. The molecular weight excluding hydrogens is 456 g/mol. The molecule has 0 aliphatic heterocycles. The molecule has 0 aliphatic carbocycles. The maximum Gasteiger partial charge on any atom is 0.341 e. The number of ether oxygens (including phenoxy) is 2. The van der Waals surface area contributed by atoms with Crippen LogP contribution in [0.4, 0.5) is 5.00 Å². The summed E-state index contributed by atoms with van der Waals surface area (Å²) in [5.74, 6) is -2.02. The van der Waals surface area contributed by atoms with Crippen LogP contribution in [0.1, 0.15) is 45.0 Å². The van der Waals surface area contributed by atoms with Gasteiger partial charge in [0.2, 0.25) is 10.0 Å². The van der Waals surface area contributed by atoms with E-state index in [1.807, 2.05) is 6.92 Å². The van der Waals surface area contributed by atoms with E-state index in [4.69, 9.17) is 9.47 Å². The quantitative estimate of drug-likeness (QED) is 0.546. The Hall–Kier alpha value is -2.76. The number of anilines is 1. The van der Waals surface area contributed by atoms with Gasteiger partial charge in [-0.2, -0.15) is 0 Å². The summed E-state index contributed by atoms with van der Waals surface area (Å²) in [4.78, 5) is 37.8. The number of benzene rings is 1. The number of sulfonamides is 1. The lowest BCUT2D eigenvalue weighted by atomic mass is 10.1. The molecule has 1 heterocycles. The van der Waals surface area contributed by atoms with Crippen molar-refractivity contribution in [3.63, 3.8) is 0 Å². The molecule has 1 N–H and O–H groups in total. The number of carbonyl (C=O) groups excluding carboxylic acids is 3. The third-order valence-corrected chi connectivity index (χ3v) is 7.43. The molecule has 0 bridgehead atoms. The van der Waals surface area contributed by atoms with Crippen LogP contribution in [-0.2, 0) is 30.7 Å². The highest BCUT2D eigenvalue weighted by Crippen LogP contribution is 2.29. The van der Waals surface area contributed by atoms with E-state index in [-0.39, 0.29) is 22.6 Å². The molecule has 0 spiro atoms. The van der Waals surface area contributed by atoms with Crippen molar-refractivity contribution in [3.05, 3.63) is 45.8 Å². The van der Waals surface area contributed by atoms with Crippen LogP contribution in [-0.4, -0.2) is 57.9 Å². The number of rotatable bonds is 9. The Labute approximate surface area is 191 Å². The number of nitrogens with one attached hydrogen (secondary N) is 1. The van der Waals surface area contributed by atoms with E-state index in [9.17, 15) is 22.8 Å². The number of amides is 1. The van der Waals surface area contributed by atoms with Crippen molar-refractivity contribution in [2.24, 2.45) is 0 Å². The van der Waals surface area contributed by atoms with Gasteiger partial charge in [-0.3, -0.25) is 4.79 Å². The number of aryl methyl sites for hydroxylation is 2. The maximum absolute atomic E-state index is 12.5. The zero-order valence-electron chi connectivity index (χ0n) is 18.6. The summed E-state index contributed by atoms with van der Waals surface area (Å²) < 4.78 is 35.8. The van der Waals surface area contributed by atoms with Gasteiger partial charge in [-0.05, 0) is 44.0 Å². The van der Waals surface area contributed by atoms with E-state index in [1.54, 1.807) is 19.9 Å². The summed E-state index contributed by atoms with van der Waals surface area (Å²) in [5.41, 5.74) is 0.784. The zero-order valence-corrected chi connectivity index (χ0v) is 20.2. The average molecular weight is 483 g/mol. The molecule has 174 valence electrons. The lowest BCUT2D eigenvalue weighted by Crippen LogP contribution is -2.24. The Morgan fingerprint density at radius 2 is 1.69 bits per heavy atom. The molecule has 9 nitrogen and oxygen atoms in total. The molecule has 0 saturated heterocycles. The van der Waals surface area contributed by atoms with Crippen molar-refractivity contribution < 1.29 is 32.3 Å². The van der Waals surface area contributed by atoms with E-state index >= 15 is 0 Å². The van der Waals surface area contributed by atoms with Gasteiger partial charge in [0.25, 0.3) is 5.91 Å². The molecule has 32 heavy (non-hydrogen) atoms. The Morgan fingerprint density at radius 3 is 2.28 bits per heavy atom. The van der Waals surface area contributed by atoms with Crippen molar-refractivity contribution in [2.75, 3.05) is 32.6 Å². The maximum atomic E-state index is 12.5.